The van der Waals surface area contributed by atoms with Crippen LogP contribution in [0.3, 0.4) is 0 Å². The van der Waals surface area contributed by atoms with Crippen molar-refractivity contribution in [3.05, 3.63) is 27.3 Å². The van der Waals surface area contributed by atoms with Gasteiger partial charge in [0.2, 0.25) is 5.91 Å². The summed E-state index contributed by atoms with van der Waals surface area (Å²) in [4.78, 5) is 24.1. The fourth-order valence-corrected chi connectivity index (χ4v) is 3.93. The maximum Gasteiger partial charge on any atom is 0.269 e. The Bertz CT molecular complexity index is 663. The highest BCUT2D eigenvalue weighted by atomic mass is 127. The molecule has 1 aliphatic rings. The van der Waals surface area contributed by atoms with Crippen LogP contribution in [-0.4, -0.2) is 24.0 Å². The van der Waals surface area contributed by atoms with Gasteiger partial charge in [-0.1, -0.05) is 32.1 Å². The Morgan fingerprint density at radius 3 is 2.62 bits per heavy atom. The van der Waals surface area contributed by atoms with E-state index in [1.54, 1.807) is 25.3 Å². The number of hydrogen-bond acceptors (Lipinski definition) is 4. The van der Waals surface area contributed by atoms with Crippen LogP contribution in [0.5, 0.6) is 5.75 Å². The quantitative estimate of drug-likeness (QED) is 0.336. The minimum absolute atomic E-state index is 0.0928. The summed E-state index contributed by atoms with van der Waals surface area (Å²) in [6, 6.07) is 5.09. The topological polar surface area (TPSA) is 79.5 Å². The van der Waals surface area contributed by atoms with Gasteiger partial charge in [-0.15, -0.1) is 0 Å². The minimum atomic E-state index is -0.343. The second-order valence-corrected chi connectivity index (χ2v) is 7.92. The first kappa shape index (κ1) is 20.9. The molecule has 0 saturated heterocycles. The first-order chi connectivity index (χ1) is 12.5. The lowest BCUT2D eigenvalue weighted by Gasteiger charge is -2.21. The lowest BCUT2D eigenvalue weighted by atomic mass is 9.86. The van der Waals surface area contributed by atoms with E-state index in [1.807, 2.05) is 0 Å². The number of amides is 2. The van der Waals surface area contributed by atoms with Crippen LogP contribution in [0.1, 0.15) is 55.3 Å². The molecule has 2 rings (SSSR count). The minimum Gasteiger partial charge on any atom is -0.496 e. The van der Waals surface area contributed by atoms with E-state index in [-0.39, 0.29) is 16.9 Å². The van der Waals surface area contributed by atoms with Gasteiger partial charge in [-0.2, -0.15) is 0 Å². The maximum atomic E-state index is 12.1. The third-order valence-electron chi connectivity index (χ3n) is 4.46. The van der Waals surface area contributed by atoms with E-state index in [9.17, 15) is 9.59 Å². The molecule has 1 aliphatic carbocycles. The lowest BCUT2D eigenvalue weighted by Crippen LogP contribution is -2.48. The summed E-state index contributed by atoms with van der Waals surface area (Å²) < 4.78 is 6.00. The molecule has 3 N–H and O–H groups in total. The first-order valence-corrected chi connectivity index (χ1v) is 10.2. The predicted octanol–water partition coefficient (Wildman–Crippen LogP) is 3.30. The molecule has 142 valence electrons. The third kappa shape index (κ3) is 6.71. The van der Waals surface area contributed by atoms with Crippen molar-refractivity contribution in [2.45, 2.75) is 44.9 Å². The molecule has 2 amide bonds. The second-order valence-electron chi connectivity index (χ2n) is 6.35. The molecule has 0 aliphatic heterocycles. The Labute approximate surface area is 172 Å². The zero-order valence-corrected chi connectivity index (χ0v) is 17.7. The number of thiocarbonyl (C=S) groups is 1. The van der Waals surface area contributed by atoms with Gasteiger partial charge in [-0.3, -0.25) is 20.4 Å². The fourth-order valence-electron chi connectivity index (χ4n) is 3.02. The van der Waals surface area contributed by atoms with Gasteiger partial charge in [0.05, 0.1) is 10.7 Å². The fraction of sp³-hybridized carbons (Fsp3) is 0.500. The highest BCUT2D eigenvalue weighted by molar-refractivity contribution is 14.1. The van der Waals surface area contributed by atoms with Crippen molar-refractivity contribution >= 4 is 51.7 Å². The van der Waals surface area contributed by atoms with Gasteiger partial charge in [0, 0.05) is 12.0 Å². The number of hydrogen-bond donors (Lipinski definition) is 3. The zero-order valence-electron chi connectivity index (χ0n) is 14.8. The molecule has 1 aromatic rings. The van der Waals surface area contributed by atoms with Crippen LogP contribution in [0.15, 0.2) is 18.2 Å². The van der Waals surface area contributed by atoms with E-state index >= 15 is 0 Å². The van der Waals surface area contributed by atoms with Gasteiger partial charge in [0.25, 0.3) is 5.91 Å². The smallest absolute Gasteiger partial charge is 0.269 e. The van der Waals surface area contributed by atoms with Crippen LogP contribution in [0.4, 0.5) is 0 Å². The van der Waals surface area contributed by atoms with Crippen LogP contribution < -0.4 is 20.9 Å². The largest absolute Gasteiger partial charge is 0.496 e. The predicted molar refractivity (Wildman–Crippen MR) is 113 cm³/mol. The molecular formula is C18H24IN3O3S. The number of rotatable bonds is 5. The summed E-state index contributed by atoms with van der Waals surface area (Å²) in [5, 5.41) is 2.69. The molecule has 1 aromatic carbocycles. The Balaban J connectivity index is 1.71. The van der Waals surface area contributed by atoms with Crippen molar-refractivity contribution in [3.63, 3.8) is 0 Å². The summed E-state index contributed by atoms with van der Waals surface area (Å²) in [6.07, 6.45) is 7.62. The summed E-state index contributed by atoms with van der Waals surface area (Å²) in [5.74, 6) is 0.884. The van der Waals surface area contributed by atoms with Crippen molar-refractivity contribution in [1.29, 1.82) is 0 Å². The molecule has 6 nitrogen and oxygen atoms in total. The number of nitrogens with one attached hydrogen (secondary N) is 3. The number of hydrazine groups is 1. The van der Waals surface area contributed by atoms with Crippen LogP contribution in [0.2, 0.25) is 0 Å². The van der Waals surface area contributed by atoms with Crippen LogP contribution in [0.25, 0.3) is 0 Å². The summed E-state index contributed by atoms with van der Waals surface area (Å²) in [7, 11) is 1.58. The number of carbonyl (C=O) groups excluding carboxylic acids is 2. The van der Waals surface area contributed by atoms with Gasteiger partial charge in [-0.05, 0) is 65.3 Å². The Kier molecular flexibility index (Phi) is 8.56. The standard InChI is InChI=1S/C18H24IN3O3S/c1-25-15-9-8-13(11-14(15)19)17(24)21-22-18(26)20-16(23)10-7-12-5-3-2-4-6-12/h8-9,11-12H,2-7,10H2,1H3,(H,21,24)(H2,20,22,23,26). The Morgan fingerprint density at radius 1 is 1.23 bits per heavy atom. The van der Waals surface area contributed by atoms with Gasteiger partial charge < -0.3 is 10.1 Å². The van der Waals surface area contributed by atoms with E-state index in [0.717, 1.165) is 9.99 Å². The molecule has 0 bridgehead atoms. The van der Waals surface area contributed by atoms with E-state index < -0.39 is 0 Å². The van der Waals surface area contributed by atoms with Gasteiger partial charge in [0.15, 0.2) is 5.11 Å². The summed E-state index contributed by atoms with van der Waals surface area (Å²) in [6.45, 7) is 0. The molecule has 0 atom stereocenters. The third-order valence-corrected chi connectivity index (χ3v) is 5.51. The monoisotopic (exact) mass is 489 g/mol. The molecule has 0 heterocycles. The summed E-state index contributed by atoms with van der Waals surface area (Å²) in [5.41, 5.74) is 5.52. The SMILES string of the molecule is COc1ccc(C(=O)NNC(=S)NC(=O)CCC2CCCCC2)cc1I. The van der Waals surface area contributed by atoms with Crippen molar-refractivity contribution in [2.24, 2.45) is 5.92 Å². The van der Waals surface area contributed by atoms with Gasteiger partial charge in [0.1, 0.15) is 5.75 Å². The zero-order chi connectivity index (χ0) is 18.9. The first-order valence-electron chi connectivity index (χ1n) is 8.73. The van der Waals surface area contributed by atoms with Crippen molar-refractivity contribution in [2.75, 3.05) is 7.11 Å². The average Bonchev–Trinajstić information content (AvgIpc) is 2.65. The molecule has 26 heavy (non-hydrogen) atoms. The normalized spacial score (nSPS) is 14.4. The van der Waals surface area contributed by atoms with Gasteiger partial charge >= 0.3 is 0 Å². The highest BCUT2D eigenvalue weighted by Crippen LogP contribution is 2.27. The van der Waals surface area contributed by atoms with Crippen LogP contribution >= 0.6 is 34.8 Å². The number of methoxy groups -OCH3 is 1. The Morgan fingerprint density at radius 2 is 1.96 bits per heavy atom. The second kappa shape index (κ2) is 10.7. The number of carbonyl (C=O) groups is 2. The Hall–Kier alpha value is -1.42. The molecule has 0 aromatic heterocycles. The number of halogens is 1. The molecule has 8 heteroatoms. The van der Waals surface area contributed by atoms with E-state index in [1.165, 1.54) is 32.1 Å². The van der Waals surface area contributed by atoms with Crippen LogP contribution in [0, 0.1) is 9.49 Å². The number of ether oxygens (including phenoxy) is 1. The molecule has 0 spiro atoms. The van der Waals surface area contributed by atoms with Crippen molar-refractivity contribution < 1.29 is 14.3 Å². The maximum absolute atomic E-state index is 12.1. The number of benzene rings is 1. The summed E-state index contributed by atoms with van der Waals surface area (Å²) >= 11 is 7.15. The highest BCUT2D eigenvalue weighted by Gasteiger charge is 2.15. The molecular weight excluding hydrogens is 465 g/mol. The lowest BCUT2D eigenvalue weighted by molar-refractivity contribution is -0.120. The van der Waals surface area contributed by atoms with E-state index in [4.69, 9.17) is 17.0 Å². The van der Waals surface area contributed by atoms with E-state index in [2.05, 4.69) is 38.8 Å². The van der Waals surface area contributed by atoms with Crippen LogP contribution in [-0.2, 0) is 4.79 Å². The van der Waals surface area contributed by atoms with E-state index in [0.29, 0.717) is 23.7 Å². The molecule has 0 unspecified atom stereocenters. The average molecular weight is 489 g/mol. The van der Waals surface area contributed by atoms with Crippen molar-refractivity contribution in [1.82, 2.24) is 16.2 Å². The van der Waals surface area contributed by atoms with Crippen molar-refractivity contribution in [3.8, 4) is 5.75 Å². The molecule has 0 radical (unpaired) electrons. The molecule has 1 fully saturated rings. The van der Waals surface area contributed by atoms with Gasteiger partial charge in [-0.25, -0.2) is 0 Å². The molecule has 1 saturated carbocycles.